The predicted octanol–water partition coefficient (Wildman–Crippen LogP) is 3.40. The summed E-state index contributed by atoms with van der Waals surface area (Å²) in [5, 5.41) is 10.4. The van der Waals surface area contributed by atoms with E-state index in [0.29, 0.717) is 36.4 Å². The van der Waals surface area contributed by atoms with Gasteiger partial charge < -0.3 is 14.7 Å². The van der Waals surface area contributed by atoms with Crippen LogP contribution >= 0.6 is 0 Å². The van der Waals surface area contributed by atoms with Gasteiger partial charge in [-0.05, 0) is 31.9 Å². The minimum Gasteiger partial charge on any atom is -0.496 e. The largest absolute Gasteiger partial charge is 0.496 e. The van der Waals surface area contributed by atoms with Crippen LogP contribution in [0.4, 0.5) is 0 Å². The molecule has 4 heteroatoms. The van der Waals surface area contributed by atoms with E-state index < -0.39 is 6.10 Å². The molecule has 0 aromatic heterocycles. The van der Waals surface area contributed by atoms with Gasteiger partial charge in [0.2, 0.25) is 0 Å². The van der Waals surface area contributed by atoms with Gasteiger partial charge in [0.15, 0.2) is 0 Å². The molecule has 0 saturated heterocycles. The summed E-state index contributed by atoms with van der Waals surface area (Å²) in [5.74, 6) is 0.447. The number of carbonyl (C=O) groups excluding carboxylic acids is 1. The van der Waals surface area contributed by atoms with Crippen molar-refractivity contribution in [3.63, 3.8) is 0 Å². The van der Waals surface area contributed by atoms with E-state index in [2.05, 4.69) is 6.92 Å². The zero-order valence-electron chi connectivity index (χ0n) is 13.6. The van der Waals surface area contributed by atoms with Gasteiger partial charge >= 0.3 is 0 Å². The van der Waals surface area contributed by atoms with Crippen molar-refractivity contribution in [2.24, 2.45) is 0 Å². The number of nitrogens with zero attached hydrogens (tertiary/aromatic N) is 1. The molecule has 118 valence electrons. The molecule has 21 heavy (non-hydrogen) atoms. The standard InChI is InChI=1S/C17H27NO3/c1-5-8-11-14(19)13-10-9-12-15(21-4)16(13)17(20)18(6-2)7-3/h9-10,12,14,19H,5-8,11H2,1-4H3. The summed E-state index contributed by atoms with van der Waals surface area (Å²) in [6, 6.07) is 5.41. The number of benzene rings is 1. The van der Waals surface area contributed by atoms with E-state index in [4.69, 9.17) is 4.74 Å². The zero-order valence-corrected chi connectivity index (χ0v) is 13.6. The molecule has 1 aromatic rings. The van der Waals surface area contributed by atoms with Crippen LogP contribution in [0.1, 0.15) is 62.1 Å². The average Bonchev–Trinajstić information content (AvgIpc) is 2.52. The number of aliphatic hydroxyl groups is 1. The number of amides is 1. The quantitative estimate of drug-likeness (QED) is 0.799. The highest BCUT2D eigenvalue weighted by Gasteiger charge is 2.24. The Bertz CT molecular complexity index is 455. The van der Waals surface area contributed by atoms with E-state index >= 15 is 0 Å². The highest BCUT2D eigenvalue weighted by Crippen LogP contribution is 2.30. The first-order chi connectivity index (χ1) is 10.1. The molecule has 1 N–H and O–H groups in total. The molecule has 1 atom stereocenters. The lowest BCUT2D eigenvalue weighted by Crippen LogP contribution is -2.31. The minimum absolute atomic E-state index is 0.0806. The highest BCUT2D eigenvalue weighted by atomic mass is 16.5. The molecule has 1 rings (SSSR count). The molecule has 0 spiro atoms. The summed E-state index contributed by atoms with van der Waals surface area (Å²) in [7, 11) is 1.55. The van der Waals surface area contributed by atoms with Crippen LogP contribution in [0.3, 0.4) is 0 Å². The normalized spacial score (nSPS) is 12.0. The Kier molecular flexibility index (Phi) is 7.23. The second kappa shape index (κ2) is 8.67. The Morgan fingerprint density at radius 3 is 2.48 bits per heavy atom. The van der Waals surface area contributed by atoms with E-state index in [0.717, 1.165) is 12.8 Å². The Morgan fingerprint density at radius 2 is 1.95 bits per heavy atom. The van der Waals surface area contributed by atoms with Gasteiger partial charge in [0, 0.05) is 13.1 Å². The molecule has 0 heterocycles. The van der Waals surface area contributed by atoms with Crippen LogP contribution in [0.15, 0.2) is 18.2 Å². The molecule has 0 radical (unpaired) electrons. The van der Waals surface area contributed by atoms with Crippen LogP contribution in [0.5, 0.6) is 5.75 Å². The van der Waals surface area contributed by atoms with Crippen molar-refractivity contribution >= 4 is 5.91 Å². The zero-order chi connectivity index (χ0) is 15.8. The molecule has 0 aliphatic heterocycles. The smallest absolute Gasteiger partial charge is 0.257 e. The molecule has 1 unspecified atom stereocenters. The summed E-state index contributed by atoms with van der Waals surface area (Å²) < 4.78 is 5.34. The van der Waals surface area contributed by atoms with Gasteiger partial charge in [0.25, 0.3) is 5.91 Å². The average molecular weight is 293 g/mol. The van der Waals surface area contributed by atoms with Crippen LogP contribution in [-0.2, 0) is 0 Å². The maximum absolute atomic E-state index is 12.7. The monoisotopic (exact) mass is 293 g/mol. The van der Waals surface area contributed by atoms with Gasteiger partial charge in [-0.15, -0.1) is 0 Å². The Hall–Kier alpha value is -1.55. The molecule has 4 nitrogen and oxygen atoms in total. The van der Waals surface area contributed by atoms with Crippen molar-refractivity contribution < 1.29 is 14.6 Å². The molecule has 1 amide bonds. The summed E-state index contributed by atoms with van der Waals surface area (Å²) in [5.41, 5.74) is 1.16. The number of rotatable bonds is 8. The number of unbranched alkanes of at least 4 members (excludes halogenated alkanes) is 1. The topological polar surface area (TPSA) is 49.8 Å². The van der Waals surface area contributed by atoms with Gasteiger partial charge in [-0.25, -0.2) is 0 Å². The predicted molar refractivity (Wildman–Crippen MR) is 84.7 cm³/mol. The third-order valence-electron chi connectivity index (χ3n) is 3.73. The number of carbonyl (C=O) groups is 1. The lowest BCUT2D eigenvalue weighted by molar-refractivity contribution is 0.0760. The van der Waals surface area contributed by atoms with Crippen molar-refractivity contribution in [2.75, 3.05) is 20.2 Å². The summed E-state index contributed by atoms with van der Waals surface area (Å²) in [6.45, 7) is 7.25. The summed E-state index contributed by atoms with van der Waals surface area (Å²) in [4.78, 5) is 14.5. The first-order valence-corrected chi connectivity index (χ1v) is 7.74. The highest BCUT2D eigenvalue weighted by molar-refractivity contribution is 5.98. The van der Waals surface area contributed by atoms with Crippen molar-refractivity contribution in [1.29, 1.82) is 0 Å². The Balaban J connectivity index is 3.22. The molecule has 0 saturated carbocycles. The molecule has 0 aliphatic rings. The third kappa shape index (κ3) is 4.21. The van der Waals surface area contributed by atoms with Gasteiger partial charge in [-0.2, -0.15) is 0 Å². The molecule has 0 fully saturated rings. The van der Waals surface area contributed by atoms with E-state index in [1.54, 1.807) is 18.1 Å². The fraction of sp³-hybridized carbons (Fsp3) is 0.588. The first-order valence-electron chi connectivity index (χ1n) is 7.74. The lowest BCUT2D eigenvalue weighted by atomic mass is 9.96. The number of hydrogen-bond donors (Lipinski definition) is 1. The Morgan fingerprint density at radius 1 is 1.29 bits per heavy atom. The number of methoxy groups -OCH3 is 1. The number of ether oxygens (including phenoxy) is 1. The second-order valence-corrected chi connectivity index (χ2v) is 5.06. The first kappa shape index (κ1) is 17.5. The van der Waals surface area contributed by atoms with Crippen LogP contribution in [-0.4, -0.2) is 36.1 Å². The van der Waals surface area contributed by atoms with Crippen LogP contribution in [0.25, 0.3) is 0 Å². The fourth-order valence-electron chi connectivity index (χ4n) is 2.45. The van der Waals surface area contributed by atoms with Crippen molar-refractivity contribution in [2.45, 2.75) is 46.1 Å². The molecule has 0 bridgehead atoms. The summed E-state index contributed by atoms with van der Waals surface area (Å²) >= 11 is 0. The maximum atomic E-state index is 12.7. The van der Waals surface area contributed by atoms with Crippen molar-refractivity contribution in [3.8, 4) is 5.75 Å². The Labute approximate surface area is 127 Å². The van der Waals surface area contributed by atoms with Gasteiger partial charge in [-0.1, -0.05) is 31.9 Å². The van der Waals surface area contributed by atoms with Gasteiger partial charge in [0.05, 0.1) is 18.8 Å². The van der Waals surface area contributed by atoms with E-state index in [9.17, 15) is 9.90 Å². The van der Waals surface area contributed by atoms with Crippen molar-refractivity contribution in [1.82, 2.24) is 4.90 Å². The van der Waals surface area contributed by atoms with Gasteiger partial charge in [0.1, 0.15) is 5.75 Å². The molecular weight excluding hydrogens is 266 g/mol. The van der Waals surface area contributed by atoms with E-state index in [1.165, 1.54) is 0 Å². The fourth-order valence-corrected chi connectivity index (χ4v) is 2.45. The summed E-state index contributed by atoms with van der Waals surface area (Å²) in [6.07, 6.45) is 1.97. The molecule has 1 aromatic carbocycles. The van der Waals surface area contributed by atoms with E-state index in [1.807, 2.05) is 26.0 Å². The molecule has 0 aliphatic carbocycles. The number of aliphatic hydroxyl groups excluding tert-OH is 1. The minimum atomic E-state index is -0.630. The SMILES string of the molecule is CCCCC(O)c1cccc(OC)c1C(=O)N(CC)CC. The maximum Gasteiger partial charge on any atom is 0.257 e. The lowest BCUT2D eigenvalue weighted by Gasteiger charge is -2.23. The molecular formula is C17H27NO3. The van der Waals surface area contributed by atoms with Crippen LogP contribution < -0.4 is 4.74 Å². The van der Waals surface area contributed by atoms with Crippen molar-refractivity contribution in [3.05, 3.63) is 29.3 Å². The van der Waals surface area contributed by atoms with E-state index in [-0.39, 0.29) is 5.91 Å². The van der Waals surface area contributed by atoms with Crippen LogP contribution in [0.2, 0.25) is 0 Å². The van der Waals surface area contributed by atoms with Gasteiger partial charge in [-0.3, -0.25) is 4.79 Å². The second-order valence-electron chi connectivity index (χ2n) is 5.06. The number of hydrogen-bond acceptors (Lipinski definition) is 3. The van der Waals surface area contributed by atoms with Crippen LogP contribution in [0, 0.1) is 0 Å². The third-order valence-corrected chi connectivity index (χ3v) is 3.73.